The fraction of sp³-hybridized carbons (Fsp3) is 0.200. The molecular weight excluding hydrogens is 267 g/mol. The first-order valence-electron chi connectivity index (χ1n) is 5.70. The van der Waals surface area contributed by atoms with Gasteiger partial charge in [0.25, 0.3) is 0 Å². The van der Waals surface area contributed by atoms with Crippen LogP contribution in [0, 0.1) is 13.8 Å². The molecule has 2 aromatic rings. The van der Waals surface area contributed by atoms with E-state index in [-0.39, 0.29) is 0 Å². The summed E-state index contributed by atoms with van der Waals surface area (Å²) in [5.41, 5.74) is 3.23. The number of rotatable bonds is 3. The van der Waals surface area contributed by atoms with Crippen molar-refractivity contribution >= 4 is 23.2 Å². The second-order valence-electron chi connectivity index (χ2n) is 4.29. The first-order valence-corrected chi connectivity index (χ1v) is 6.46. The zero-order chi connectivity index (χ0) is 13.1. The normalized spacial score (nSPS) is 10.4. The summed E-state index contributed by atoms with van der Waals surface area (Å²) in [5.74, 6) is 0.872. The Morgan fingerprint density at radius 1 is 1.00 bits per heavy atom. The van der Waals surface area contributed by atoms with Crippen LogP contribution < -0.4 is 4.74 Å². The molecule has 0 radical (unpaired) electrons. The van der Waals surface area contributed by atoms with Gasteiger partial charge in [0.1, 0.15) is 12.4 Å². The summed E-state index contributed by atoms with van der Waals surface area (Å²) in [7, 11) is 0. The van der Waals surface area contributed by atoms with E-state index in [1.165, 1.54) is 5.56 Å². The molecule has 0 amide bonds. The quantitative estimate of drug-likeness (QED) is 0.752. The van der Waals surface area contributed by atoms with E-state index in [0.29, 0.717) is 16.7 Å². The topological polar surface area (TPSA) is 9.23 Å². The van der Waals surface area contributed by atoms with Crippen LogP contribution in [0.1, 0.15) is 16.7 Å². The van der Waals surface area contributed by atoms with Crippen LogP contribution in [-0.2, 0) is 6.61 Å². The van der Waals surface area contributed by atoms with Gasteiger partial charge in [-0.3, -0.25) is 0 Å². The Balaban J connectivity index is 2.13. The van der Waals surface area contributed by atoms with Gasteiger partial charge in [0.2, 0.25) is 0 Å². The van der Waals surface area contributed by atoms with Crippen molar-refractivity contribution in [3.05, 3.63) is 63.1 Å². The minimum absolute atomic E-state index is 0.420. The zero-order valence-corrected chi connectivity index (χ0v) is 11.8. The summed E-state index contributed by atoms with van der Waals surface area (Å²) in [6.07, 6.45) is 0. The summed E-state index contributed by atoms with van der Waals surface area (Å²) in [6, 6.07) is 11.5. The maximum Gasteiger partial charge on any atom is 0.122 e. The molecule has 1 nitrogen and oxygen atoms in total. The Hall–Kier alpha value is -1.18. The van der Waals surface area contributed by atoms with Gasteiger partial charge in [-0.1, -0.05) is 40.9 Å². The number of hydrogen-bond acceptors (Lipinski definition) is 1. The zero-order valence-electron chi connectivity index (χ0n) is 10.3. The van der Waals surface area contributed by atoms with E-state index in [0.717, 1.165) is 16.9 Å². The summed E-state index contributed by atoms with van der Waals surface area (Å²) < 4.78 is 5.77. The molecule has 3 heteroatoms. The molecule has 2 aromatic carbocycles. The second kappa shape index (κ2) is 5.64. The molecule has 0 spiro atoms. The van der Waals surface area contributed by atoms with Crippen molar-refractivity contribution in [3.8, 4) is 5.75 Å². The monoisotopic (exact) mass is 280 g/mol. The maximum absolute atomic E-state index is 6.09. The fourth-order valence-corrected chi connectivity index (χ4v) is 2.14. The van der Waals surface area contributed by atoms with Crippen molar-refractivity contribution < 1.29 is 4.74 Å². The number of benzene rings is 2. The largest absolute Gasteiger partial charge is 0.489 e. The van der Waals surface area contributed by atoms with Gasteiger partial charge >= 0.3 is 0 Å². The van der Waals surface area contributed by atoms with Gasteiger partial charge in [-0.15, -0.1) is 0 Å². The second-order valence-corrected chi connectivity index (χ2v) is 5.14. The molecule has 0 fully saturated rings. The number of hydrogen-bond donors (Lipinski definition) is 0. The van der Waals surface area contributed by atoms with Crippen LogP contribution in [0.15, 0.2) is 36.4 Å². The first kappa shape index (κ1) is 13.3. The number of halogens is 2. The van der Waals surface area contributed by atoms with Gasteiger partial charge in [-0.2, -0.15) is 0 Å². The third kappa shape index (κ3) is 3.18. The molecule has 94 valence electrons. The predicted molar refractivity (Wildman–Crippen MR) is 76.7 cm³/mol. The van der Waals surface area contributed by atoms with Gasteiger partial charge in [0, 0.05) is 15.6 Å². The van der Waals surface area contributed by atoms with Crippen molar-refractivity contribution in [2.45, 2.75) is 20.5 Å². The molecule has 0 aliphatic carbocycles. The molecular formula is C15H14Cl2O. The molecule has 2 rings (SSSR count). The molecule has 0 aromatic heterocycles. The molecule has 0 N–H and O–H groups in total. The van der Waals surface area contributed by atoms with Crippen LogP contribution in [-0.4, -0.2) is 0 Å². The number of aryl methyl sites for hydroxylation is 2. The van der Waals surface area contributed by atoms with Crippen LogP contribution in [0.3, 0.4) is 0 Å². The highest BCUT2D eigenvalue weighted by Crippen LogP contribution is 2.24. The minimum Gasteiger partial charge on any atom is -0.489 e. The Morgan fingerprint density at radius 2 is 1.78 bits per heavy atom. The van der Waals surface area contributed by atoms with Crippen molar-refractivity contribution in [1.29, 1.82) is 0 Å². The van der Waals surface area contributed by atoms with Crippen molar-refractivity contribution in [2.24, 2.45) is 0 Å². The highest BCUT2D eigenvalue weighted by molar-refractivity contribution is 6.33. The molecule has 0 bridgehead atoms. The Labute approximate surface area is 117 Å². The predicted octanol–water partition coefficient (Wildman–Crippen LogP) is 5.19. The lowest BCUT2D eigenvalue weighted by atomic mass is 10.1. The van der Waals surface area contributed by atoms with Crippen LogP contribution >= 0.6 is 23.2 Å². The fourth-order valence-electron chi connectivity index (χ4n) is 1.77. The van der Waals surface area contributed by atoms with Gasteiger partial charge < -0.3 is 4.74 Å². The van der Waals surface area contributed by atoms with E-state index in [1.807, 2.05) is 25.1 Å². The smallest absolute Gasteiger partial charge is 0.122 e. The van der Waals surface area contributed by atoms with E-state index in [1.54, 1.807) is 12.1 Å². The van der Waals surface area contributed by atoms with E-state index in [2.05, 4.69) is 13.0 Å². The van der Waals surface area contributed by atoms with Gasteiger partial charge in [-0.25, -0.2) is 0 Å². The summed E-state index contributed by atoms with van der Waals surface area (Å²) >= 11 is 12.0. The first-order chi connectivity index (χ1) is 8.56. The van der Waals surface area contributed by atoms with Crippen LogP contribution in [0.2, 0.25) is 10.0 Å². The molecule has 0 aliphatic rings. The lowest BCUT2D eigenvalue weighted by Gasteiger charge is -2.11. The van der Waals surface area contributed by atoms with Crippen LogP contribution in [0.25, 0.3) is 0 Å². The third-order valence-corrected chi connectivity index (χ3v) is 3.33. The summed E-state index contributed by atoms with van der Waals surface area (Å²) in [6.45, 7) is 4.51. The Morgan fingerprint density at radius 3 is 2.50 bits per heavy atom. The van der Waals surface area contributed by atoms with Crippen molar-refractivity contribution in [3.63, 3.8) is 0 Å². The maximum atomic E-state index is 6.09. The molecule has 0 saturated carbocycles. The molecule has 0 heterocycles. The Kier molecular flexibility index (Phi) is 4.15. The molecule has 0 saturated heterocycles. The lowest BCUT2D eigenvalue weighted by molar-refractivity contribution is 0.304. The van der Waals surface area contributed by atoms with Crippen molar-refractivity contribution in [1.82, 2.24) is 0 Å². The molecule has 18 heavy (non-hydrogen) atoms. The SMILES string of the molecule is Cc1ccc(OCc2cc(Cl)ccc2Cl)c(C)c1. The van der Waals surface area contributed by atoms with Crippen LogP contribution in [0.5, 0.6) is 5.75 Å². The van der Waals surface area contributed by atoms with E-state index < -0.39 is 0 Å². The van der Waals surface area contributed by atoms with E-state index in [9.17, 15) is 0 Å². The highest BCUT2D eigenvalue weighted by Gasteiger charge is 2.04. The average molecular weight is 281 g/mol. The molecule has 0 atom stereocenters. The van der Waals surface area contributed by atoms with Crippen LogP contribution in [0.4, 0.5) is 0 Å². The molecule has 0 aliphatic heterocycles. The minimum atomic E-state index is 0.420. The van der Waals surface area contributed by atoms with Gasteiger partial charge in [0.05, 0.1) is 0 Å². The van der Waals surface area contributed by atoms with E-state index >= 15 is 0 Å². The standard InChI is InChI=1S/C15H14Cl2O/c1-10-3-6-15(11(2)7-10)18-9-12-8-13(16)4-5-14(12)17/h3-8H,9H2,1-2H3. The van der Waals surface area contributed by atoms with Gasteiger partial charge in [-0.05, 0) is 43.7 Å². The Bertz CT molecular complexity index is 564. The average Bonchev–Trinajstić information content (AvgIpc) is 2.32. The highest BCUT2D eigenvalue weighted by atomic mass is 35.5. The molecule has 0 unspecified atom stereocenters. The number of ether oxygens (including phenoxy) is 1. The summed E-state index contributed by atoms with van der Waals surface area (Å²) in [4.78, 5) is 0. The third-order valence-electron chi connectivity index (χ3n) is 2.72. The van der Waals surface area contributed by atoms with Gasteiger partial charge in [0.15, 0.2) is 0 Å². The summed E-state index contributed by atoms with van der Waals surface area (Å²) in [5, 5.41) is 1.34. The van der Waals surface area contributed by atoms with E-state index in [4.69, 9.17) is 27.9 Å². The lowest BCUT2D eigenvalue weighted by Crippen LogP contribution is -1.98. The van der Waals surface area contributed by atoms with Crippen molar-refractivity contribution in [2.75, 3.05) is 0 Å².